The lowest BCUT2D eigenvalue weighted by Crippen LogP contribution is -2.41. The van der Waals surface area contributed by atoms with Crippen LogP contribution in [-0.2, 0) is 6.18 Å². The van der Waals surface area contributed by atoms with Gasteiger partial charge in [0.15, 0.2) is 0 Å². The van der Waals surface area contributed by atoms with Gasteiger partial charge < -0.3 is 16.0 Å². The van der Waals surface area contributed by atoms with Gasteiger partial charge in [-0.1, -0.05) is 23.2 Å². The van der Waals surface area contributed by atoms with Crippen LogP contribution in [0.15, 0.2) is 24.4 Å². The molecular formula is C16H16Cl2F3N5. The molecule has 1 saturated heterocycles. The predicted octanol–water partition coefficient (Wildman–Crippen LogP) is 4.47. The van der Waals surface area contributed by atoms with Crippen LogP contribution in [-0.4, -0.2) is 29.1 Å². The summed E-state index contributed by atoms with van der Waals surface area (Å²) in [6.07, 6.45) is -2.54. The Kier molecular flexibility index (Phi) is 5.45. The van der Waals surface area contributed by atoms with Gasteiger partial charge in [0, 0.05) is 31.0 Å². The summed E-state index contributed by atoms with van der Waals surface area (Å²) in [5.41, 5.74) is 5.49. The molecule has 0 spiro atoms. The van der Waals surface area contributed by atoms with Gasteiger partial charge in [0.1, 0.15) is 11.4 Å². The molecule has 140 valence electrons. The summed E-state index contributed by atoms with van der Waals surface area (Å²) in [5, 5.41) is 3.54. The first-order valence-corrected chi connectivity index (χ1v) is 8.66. The van der Waals surface area contributed by atoms with Gasteiger partial charge in [0.2, 0.25) is 5.95 Å². The number of halogens is 5. The van der Waals surface area contributed by atoms with Crippen molar-refractivity contribution < 1.29 is 13.2 Å². The Bertz CT molecular complexity index is 792. The minimum atomic E-state index is -4.54. The second-order valence-electron chi connectivity index (χ2n) is 6.01. The molecule has 1 aromatic carbocycles. The maximum atomic E-state index is 13.4. The van der Waals surface area contributed by atoms with Gasteiger partial charge in [0.05, 0.1) is 10.0 Å². The number of nitrogens with two attached hydrogens (primary N) is 1. The highest BCUT2D eigenvalue weighted by Gasteiger charge is 2.37. The van der Waals surface area contributed by atoms with Crippen molar-refractivity contribution in [3.8, 4) is 0 Å². The Morgan fingerprint density at radius 3 is 2.46 bits per heavy atom. The molecule has 0 aliphatic carbocycles. The second-order valence-corrected chi connectivity index (χ2v) is 6.82. The normalized spacial score (nSPS) is 16.0. The minimum Gasteiger partial charge on any atom is -0.356 e. The number of piperidine rings is 1. The fraction of sp³-hybridized carbons (Fsp3) is 0.375. The Labute approximate surface area is 158 Å². The number of rotatable bonds is 3. The molecule has 5 nitrogen and oxygen atoms in total. The van der Waals surface area contributed by atoms with Gasteiger partial charge >= 0.3 is 6.18 Å². The standard InChI is InChI=1S/C16H16Cl2F3N5/c17-12-2-1-10(7-13(12)18)24-15-23-8-11(16(19,20)21)14(25-15)26-5-3-9(22)4-6-26/h1-2,7-9H,3-6,22H2,(H,23,24,25). The maximum absolute atomic E-state index is 13.4. The minimum absolute atomic E-state index is 0.00349. The van der Waals surface area contributed by atoms with Crippen LogP contribution in [0.1, 0.15) is 18.4 Å². The van der Waals surface area contributed by atoms with Crippen LogP contribution >= 0.6 is 23.2 Å². The number of nitrogens with zero attached hydrogens (tertiary/aromatic N) is 3. The Hall–Kier alpha value is -1.77. The van der Waals surface area contributed by atoms with E-state index in [0.29, 0.717) is 41.7 Å². The number of hydrogen-bond acceptors (Lipinski definition) is 5. The lowest BCUT2D eigenvalue weighted by atomic mass is 10.1. The lowest BCUT2D eigenvalue weighted by Gasteiger charge is -2.32. The molecule has 2 aromatic rings. The molecule has 1 aromatic heterocycles. The molecule has 0 bridgehead atoms. The summed E-state index contributed by atoms with van der Waals surface area (Å²) < 4.78 is 40.1. The highest BCUT2D eigenvalue weighted by Crippen LogP contribution is 2.36. The molecule has 1 aliphatic rings. The monoisotopic (exact) mass is 405 g/mol. The zero-order valence-corrected chi connectivity index (χ0v) is 15.0. The Morgan fingerprint density at radius 2 is 1.85 bits per heavy atom. The fourth-order valence-electron chi connectivity index (χ4n) is 2.69. The van der Waals surface area contributed by atoms with Crippen LogP contribution in [0.3, 0.4) is 0 Å². The number of hydrogen-bond donors (Lipinski definition) is 2. The van der Waals surface area contributed by atoms with Gasteiger partial charge in [0.25, 0.3) is 0 Å². The fourth-order valence-corrected chi connectivity index (χ4v) is 2.99. The lowest BCUT2D eigenvalue weighted by molar-refractivity contribution is -0.137. The Morgan fingerprint density at radius 1 is 1.15 bits per heavy atom. The molecule has 0 atom stereocenters. The van der Waals surface area contributed by atoms with Crippen LogP contribution in [0.4, 0.5) is 30.6 Å². The molecule has 0 radical (unpaired) electrons. The van der Waals surface area contributed by atoms with Gasteiger partial charge in [-0.15, -0.1) is 0 Å². The molecule has 0 amide bonds. The topological polar surface area (TPSA) is 67.1 Å². The summed E-state index contributed by atoms with van der Waals surface area (Å²) in [7, 11) is 0. The van der Waals surface area contributed by atoms with Crippen molar-refractivity contribution in [2.24, 2.45) is 5.73 Å². The summed E-state index contributed by atoms with van der Waals surface area (Å²) in [4.78, 5) is 9.49. The van der Waals surface area contributed by atoms with Crippen LogP contribution in [0, 0.1) is 0 Å². The third-order valence-corrected chi connectivity index (χ3v) is 4.83. The Balaban J connectivity index is 1.92. The van der Waals surface area contributed by atoms with Crippen molar-refractivity contribution in [3.05, 3.63) is 40.0 Å². The first kappa shape index (κ1) is 19.0. The van der Waals surface area contributed by atoms with Crippen LogP contribution < -0.4 is 16.0 Å². The van der Waals surface area contributed by atoms with Crippen LogP contribution in [0.25, 0.3) is 0 Å². The molecule has 3 N–H and O–H groups in total. The largest absolute Gasteiger partial charge is 0.421 e. The van der Waals surface area contributed by atoms with Crippen molar-refractivity contribution in [2.75, 3.05) is 23.3 Å². The zero-order valence-electron chi connectivity index (χ0n) is 13.5. The molecule has 3 rings (SSSR count). The van der Waals surface area contributed by atoms with Crippen LogP contribution in [0.2, 0.25) is 10.0 Å². The smallest absolute Gasteiger partial charge is 0.356 e. The highest BCUT2D eigenvalue weighted by molar-refractivity contribution is 6.42. The third-order valence-electron chi connectivity index (χ3n) is 4.09. The third kappa shape index (κ3) is 4.31. The maximum Gasteiger partial charge on any atom is 0.421 e. The number of aromatic nitrogens is 2. The summed E-state index contributed by atoms with van der Waals surface area (Å²) in [5.74, 6) is -0.108. The molecule has 0 unspecified atom stereocenters. The van der Waals surface area contributed by atoms with E-state index in [1.54, 1.807) is 23.1 Å². The van der Waals surface area contributed by atoms with E-state index in [1.165, 1.54) is 0 Å². The van der Waals surface area contributed by atoms with E-state index in [-0.39, 0.29) is 17.8 Å². The second kappa shape index (κ2) is 7.46. The molecule has 1 fully saturated rings. The molecule has 26 heavy (non-hydrogen) atoms. The van der Waals surface area contributed by atoms with Gasteiger partial charge in [-0.25, -0.2) is 4.98 Å². The average molecular weight is 406 g/mol. The van der Waals surface area contributed by atoms with E-state index in [9.17, 15) is 13.2 Å². The molecule has 2 heterocycles. The van der Waals surface area contributed by atoms with Crippen molar-refractivity contribution in [3.63, 3.8) is 0 Å². The van der Waals surface area contributed by atoms with Crippen LogP contribution in [0.5, 0.6) is 0 Å². The van der Waals surface area contributed by atoms with E-state index >= 15 is 0 Å². The molecule has 0 saturated carbocycles. The van der Waals surface area contributed by atoms with E-state index in [0.717, 1.165) is 6.20 Å². The number of anilines is 3. The van der Waals surface area contributed by atoms with Crippen molar-refractivity contribution in [1.29, 1.82) is 0 Å². The van der Waals surface area contributed by atoms with Gasteiger partial charge in [-0.2, -0.15) is 18.2 Å². The molecular weight excluding hydrogens is 390 g/mol. The van der Waals surface area contributed by atoms with E-state index in [1.807, 2.05) is 0 Å². The summed E-state index contributed by atoms with van der Waals surface area (Å²) in [6.45, 7) is 0.820. The first-order valence-electron chi connectivity index (χ1n) is 7.91. The predicted molar refractivity (Wildman–Crippen MR) is 96.2 cm³/mol. The van der Waals surface area contributed by atoms with Gasteiger partial charge in [-0.3, -0.25) is 0 Å². The van der Waals surface area contributed by atoms with E-state index in [4.69, 9.17) is 28.9 Å². The first-order chi connectivity index (χ1) is 12.2. The van der Waals surface area contributed by atoms with E-state index < -0.39 is 11.7 Å². The average Bonchev–Trinajstić information content (AvgIpc) is 2.58. The zero-order chi connectivity index (χ0) is 18.9. The number of benzene rings is 1. The van der Waals surface area contributed by atoms with Crippen molar-refractivity contribution >= 4 is 40.7 Å². The quantitative estimate of drug-likeness (QED) is 0.787. The summed E-state index contributed by atoms with van der Waals surface area (Å²) >= 11 is 11.8. The molecule has 1 aliphatic heterocycles. The van der Waals surface area contributed by atoms with Crippen molar-refractivity contribution in [1.82, 2.24) is 9.97 Å². The van der Waals surface area contributed by atoms with Gasteiger partial charge in [-0.05, 0) is 31.0 Å². The number of nitrogens with one attached hydrogen (secondary N) is 1. The van der Waals surface area contributed by atoms with E-state index in [2.05, 4.69) is 15.3 Å². The summed E-state index contributed by atoms with van der Waals surface area (Å²) in [6, 6.07) is 4.75. The number of alkyl halides is 3. The highest BCUT2D eigenvalue weighted by atomic mass is 35.5. The molecule has 10 heteroatoms. The van der Waals surface area contributed by atoms with Crippen molar-refractivity contribution in [2.45, 2.75) is 25.1 Å². The SMILES string of the molecule is NC1CCN(c2nc(Nc3ccc(Cl)c(Cl)c3)ncc2C(F)(F)F)CC1.